The third-order valence-electron chi connectivity index (χ3n) is 3.42. The molecule has 8 heteroatoms. The Bertz CT molecular complexity index is 488. The molecule has 1 aromatic rings. The van der Waals surface area contributed by atoms with Crippen molar-refractivity contribution < 1.29 is 17.6 Å². The van der Waals surface area contributed by atoms with Gasteiger partial charge in [-0.2, -0.15) is 13.2 Å². The molecule has 1 fully saturated rings. The minimum Gasteiger partial charge on any atom is -0.314 e. The van der Waals surface area contributed by atoms with Crippen molar-refractivity contribution in [3.63, 3.8) is 0 Å². The number of nitrogens with zero attached hydrogens (tertiary/aromatic N) is 1. The Morgan fingerprint density at radius 3 is 2.27 bits per heavy atom. The second-order valence-electron chi connectivity index (χ2n) is 4.67. The Morgan fingerprint density at radius 1 is 1.18 bits per heavy atom. The summed E-state index contributed by atoms with van der Waals surface area (Å²) < 4.78 is 53.2. The molecule has 0 saturated carbocycles. The highest BCUT2D eigenvalue weighted by molar-refractivity contribution is 5.85. The summed E-state index contributed by atoms with van der Waals surface area (Å²) in [6, 6.07) is 2.29. The van der Waals surface area contributed by atoms with Crippen molar-refractivity contribution in [1.29, 1.82) is 0 Å². The van der Waals surface area contributed by atoms with E-state index in [1.165, 1.54) is 6.08 Å². The van der Waals surface area contributed by atoms with Gasteiger partial charge in [0, 0.05) is 31.7 Å². The molecule has 0 aromatic heterocycles. The van der Waals surface area contributed by atoms with Crippen LogP contribution in [0.15, 0.2) is 30.9 Å². The van der Waals surface area contributed by atoms with E-state index in [2.05, 4.69) is 11.9 Å². The summed E-state index contributed by atoms with van der Waals surface area (Å²) in [5.74, 6) is -0.844. The summed E-state index contributed by atoms with van der Waals surface area (Å²) in [5, 5.41) is 3.11. The van der Waals surface area contributed by atoms with Crippen molar-refractivity contribution >= 4 is 24.8 Å². The largest absolute Gasteiger partial charge is 0.416 e. The zero-order valence-electron chi connectivity index (χ0n) is 11.7. The van der Waals surface area contributed by atoms with Crippen LogP contribution in [-0.4, -0.2) is 31.1 Å². The Balaban J connectivity index is 0.00000220. The van der Waals surface area contributed by atoms with Crippen LogP contribution in [0.25, 0.3) is 0 Å². The van der Waals surface area contributed by atoms with Gasteiger partial charge in [-0.3, -0.25) is 4.90 Å². The van der Waals surface area contributed by atoms with Gasteiger partial charge in [0.2, 0.25) is 0 Å². The normalized spacial score (nSPS) is 17.1. The van der Waals surface area contributed by atoms with Gasteiger partial charge in [-0.15, -0.1) is 31.4 Å². The highest BCUT2D eigenvalue weighted by Gasteiger charge is 2.37. The van der Waals surface area contributed by atoms with Crippen LogP contribution in [-0.2, 0) is 6.18 Å². The minimum atomic E-state index is -4.58. The second-order valence-corrected chi connectivity index (χ2v) is 4.67. The van der Waals surface area contributed by atoms with E-state index >= 15 is 0 Å². The van der Waals surface area contributed by atoms with E-state index in [4.69, 9.17) is 0 Å². The quantitative estimate of drug-likeness (QED) is 0.651. The number of nitrogens with one attached hydrogen (secondary N) is 1. The first-order valence-corrected chi connectivity index (χ1v) is 6.38. The molecule has 0 unspecified atom stereocenters. The Hall–Kier alpha value is -0.820. The third-order valence-corrected chi connectivity index (χ3v) is 3.42. The van der Waals surface area contributed by atoms with Gasteiger partial charge in [0.25, 0.3) is 0 Å². The van der Waals surface area contributed by atoms with Crippen LogP contribution in [0.2, 0.25) is 0 Å². The van der Waals surface area contributed by atoms with Gasteiger partial charge in [-0.25, -0.2) is 4.39 Å². The van der Waals surface area contributed by atoms with Crippen LogP contribution < -0.4 is 5.32 Å². The van der Waals surface area contributed by atoms with Crippen molar-refractivity contribution in [3.05, 3.63) is 47.8 Å². The lowest BCUT2D eigenvalue weighted by atomic mass is 9.97. The summed E-state index contributed by atoms with van der Waals surface area (Å²) in [5.41, 5.74) is -1.27. The van der Waals surface area contributed by atoms with Crippen molar-refractivity contribution in [1.82, 2.24) is 10.2 Å². The van der Waals surface area contributed by atoms with E-state index in [1.54, 1.807) is 4.90 Å². The predicted octanol–water partition coefficient (Wildman–Crippen LogP) is 3.82. The van der Waals surface area contributed by atoms with Gasteiger partial charge >= 0.3 is 6.18 Å². The molecule has 2 nitrogen and oxygen atoms in total. The fourth-order valence-electron chi connectivity index (χ4n) is 2.49. The van der Waals surface area contributed by atoms with Crippen molar-refractivity contribution in [3.8, 4) is 0 Å². The zero-order chi connectivity index (χ0) is 14.8. The van der Waals surface area contributed by atoms with Gasteiger partial charge in [0.05, 0.1) is 11.6 Å². The molecule has 2 rings (SSSR count). The maximum atomic E-state index is 14.0. The Kier molecular flexibility index (Phi) is 8.39. The summed E-state index contributed by atoms with van der Waals surface area (Å²) in [7, 11) is 0. The molecule has 0 amide bonds. The molecule has 1 aliphatic heterocycles. The summed E-state index contributed by atoms with van der Waals surface area (Å²) in [6.07, 6.45) is -3.20. The minimum absolute atomic E-state index is 0. The molecule has 1 aromatic carbocycles. The summed E-state index contributed by atoms with van der Waals surface area (Å²) in [4.78, 5) is 1.80. The Morgan fingerprint density at radius 2 is 1.77 bits per heavy atom. The van der Waals surface area contributed by atoms with Gasteiger partial charge in [0.15, 0.2) is 0 Å². The summed E-state index contributed by atoms with van der Waals surface area (Å²) in [6.45, 7) is 6.03. The maximum absolute atomic E-state index is 14.0. The van der Waals surface area contributed by atoms with E-state index in [0.717, 1.165) is 18.2 Å². The predicted molar refractivity (Wildman–Crippen MR) is 83.3 cm³/mol. The lowest BCUT2D eigenvalue weighted by Gasteiger charge is -2.34. The second kappa shape index (κ2) is 8.72. The molecule has 1 atom stereocenters. The molecule has 0 spiro atoms. The maximum Gasteiger partial charge on any atom is 0.416 e. The first-order chi connectivity index (χ1) is 9.45. The van der Waals surface area contributed by atoms with Crippen LogP contribution in [0.4, 0.5) is 17.6 Å². The average molecular weight is 361 g/mol. The van der Waals surface area contributed by atoms with Gasteiger partial charge in [0.1, 0.15) is 5.82 Å². The third kappa shape index (κ3) is 4.59. The van der Waals surface area contributed by atoms with Gasteiger partial charge < -0.3 is 5.32 Å². The number of alkyl halides is 3. The standard InChI is InChI=1S/C14H16F4N2.2ClH/c1-2-12(20-8-6-19-7-9-20)13-10(14(16,17)18)4-3-5-11(13)15;;/h2-5,12,19H,1,6-9H2;2*1H/t12-;;/m1../s1. The molecule has 1 saturated heterocycles. The van der Waals surface area contributed by atoms with Crippen LogP contribution in [0.3, 0.4) is 0 Å². The molecular formula is C14H18Cl2F4N2. The molecule has 0 bridgehead atoms. The number of piperazine rings is 1. The first-order valence-electron chi connectivity index (χ1n) is 6.38. The molecular weight excluding hydrogens is 343 g/mol. The number of benzene rings is 1. The lowest BCUT2D eigenvalue weighted by molar-refractivity contribution is -0.138. The SMILES string of the molecule is C=C[C@H](c1c(F)cccc1C(F)(F)F)N1CCNCC1.Cl.Cl. The molecule has 1 heterocycles. The zero-order valence-corrected chi connectivity index (χ0v) is 13.3. The molecule has 1 aliphatic rings. The van der Waals surface area contributed by atoms with E-state index < -0.39 is 23.6 Å². The summed E-state index contributed by atoms with van der Waals surface area (Å²) >= 11 is 0. The average Bonchev–Trinajstić information content (AvgIpc) is 2.41. The molecule has 126 valence electrons. The fraction of sp³-hybridized carbons (Fsp3) is 0.429. The van der Waals surface area contributed by atoms with Crippen LogP contribution in [0.5, 0.6) is 0 Å². The highest BCUT2D eigenvalue weighted by Crippen LogP contribution is 2.38. The van der Waals surface area contributed by atoms with Crippen LogP contribution >= 0.6 is 24.8 Å². The molecule has 22 heavy (non-hydrogen) atoms. The van der Waals surface area contributed by atoms with E-state index in [9.17, 15) is 17.6 Å². The van der Waals surface area contributed by atoms with Crippen molar-refractivity contribution in [2.24, 2.45) is 0 Å². The molecule has 1 N–H and O–H groups in total. The van der Waals surface area contributed by atoms with Crippen molar-refractivity contribution in [2.75, 3.05) is 26.2 Å². The van der Waals surface area contributed by atoms with E-state index in [-0.39, 0.29) is 30.4 Å². The number of hydrogen-bond donors (Lipinski definition) is 1. The Labute approximate surface area is 139 Å². The monoisotopic (exact) mass is 360 g/mol. The number of rotatable bonds is 3. The fourth-order valence-corrected chi connectivity index (χ4v) is 2.49. The van der Waals surface area contributed by atoms with Crippen LogP contribution in [0, 0.1) is 5.82 Å². The lowest BCUT2D eigenvalue weighted by Crippen LogP contribution is -2.45. The first kappa shape index (κ1) is 21.2. The molecule has 0 aliphatic carbocycles. The van der Waals surface area contributed by atoms with Crippen molar-refractivity contribution in [2.45, 2.75) is 12.2 Å². The smallest absolute Gasteiger partial charge is 0.314 e. The molecule has 0 radical (unpaired) electrons. The number of halogens is 6. The van der Waals surface area contributed by atoms with Gasteiger partial charge in [-0.1, -0.05) is 12.1 Å². The highest BCUT2D eigenvalue weighted by atomic mass is 35.5. The van der Waals surface area contributed by atoms with Gasteiger partial charge in [-0.05, 0) is 12.1 Å². The van der Waals surface area contributed by atoms with E-state index in [0.29, 0.717) is 26.2 Å². The number of hydrogen-bond acceptors (Lipinski definition) is 2. The van der Waals surface area contributed by atoms with E-state index in [1.807, 2.05) is 0 Å². The van der Waals surface area contributed by atoms with Crippen LogP contribution in [0.1, 0.15) is 17.2 Å². The topological polar surface area (TPSA) is 15.3 Å².